The smallest absolute Gasteiger partial charge is 0.269 e. The van der Waals surface area contributed by atoms with Gasteiger partial charge in [0, 0.05) is 17.7 Å². The van der Waals surface area contributed by atoms with Crippen LogP contribution in [-0.4, -0.2) is 15.1 Å². The quantitative estimate of drug-likeness (QED) is 0.524. The van der Waals surface area contributed by atoms with Gasteiger partial charge >= 0.3 is 0 Å². The molecule has 0 fully saturated rings. The Bertz CT molecular complexity index is 877. The van der Waals surface area contributed by atoms with Crippen LogP contribution in [0, 0.1) is 22.9 Å². The normalized spacial score (nSPS) is 10.6. The number of aryl methyl sites for hydroxylation is 1. The molecule has 0 amide bonds. The first-order chi connectivity index (χ1) is 11.5. The molecule has 0 unspecified atom stereocenters. The van der Waals surface area contributed by atoms with Gasteiger partial charge < -0.3 is 9.15 Å². The number of nitro benzene ring substituents is 1. The van der Waals surface area contributed by atoms with Gasteiger partial charge in [0.05, 0.1) is 4.92 Å². The summed E-state index contributed by atoms with van der Waals surface area (Å²) >= 11 is 0. The van der Waals surface area contributed by atoms with E-state index in [-0.39, 0.29) is 29.8 Å². The molecule has 0 N–H and O–H groups in total. The number of non-ortho nitro benzene ring substituents is 1. The number of ether oxygens (including phenoxy) is 1. The van der Waals surface area contributed by atoms with Crippen LogP contribution in [0.5, 0.6) is 5.75 Å². The first-order valence-electron chi connectivity index (χ1n) is 6.99. The molecule has 0 saturated carbocycles. The minimum Gasteiger partial charge on any atom is -0.481 e. The first-order valence-corrected chi connectivity index (χ1v) is 6.99. The number of aromatic nitrogens is 2. The number of benzene rings is 2. The van der Waals surface area contributed by atoms with Crippen molar-refractivity contribution in [3.05, 3.63) is 69.9 Å². The summed E-state index contributed by atoms with van der Waals surface area (Å²) in [5.74, 6) is 0.0372. The van der Waals surface area contributed by atoms with Gasteiger partial charge in [-0.3, -0.25) is 10.1 Å². The Labute approximate surface area is 135 Å². The van der Waals surface area contributed by atoms with Gasteiger partial charge in [-0.15, -0.1) is 10.2 Å². The largest absolute Gasteiger partial charge is 0.481 e. The molecule has 0 bridgehead atoms. The van der Waals surface area contributed by atoms with Crippen LogP contribution in [0.2, 0.25) is 0 Å². The van der Waals surface area contributed by atoms with Gasteiger partial charge in [0.25, 0.3) is 11.6 Å². The highest BCUT2D eigenvalue weighted by atomic mass is 19.1. The molecule has 3 aromatic rings. The van der Waals surface area contributed by atoms with Crippen molar-refractivity contribution in [2.24, 2.45) is 0 Å². The standard InChI is InChI=1S/C16H12FN3O4/c1-10-3-2-4-13(15(10)17)23-9-14-18-19-16(24-14)11-5-7-12(8-6-11)20(21)22/h2-8H,9H2,1H3. The van der Waals surface area contributed by atoms with Crippen LogP contribution in [0.15, 0.2) is 46.9 Å². The maximum absolute atomic E-state index is 13.8. The van der Waals surface area contributed by atoms with Gasteiger partial charge in [0.1, 0.15) is 0 Å². The third kappa shape index (κ3) is 3.22. The van der Waals surface area contributed by atoms with Crippen molar-refractivity contribution in [2.75, 3.05) is 0 Å². The zero-order valence-electron chi connectivity index (χ0n) is 12.6. The number of hydrogen-bond acceptors (Lipinski definition) is 6. The highest BCUT2D eigenvalue weighted by Gasteiger charge is 2.12. The number of halogens is 1. The molecular formula is C16H12FN3O4. The second kappa shape index (κ2) is 6.45. The van der Waals surface area contributed by atoms with Crippen LogP contribution >= 0.6 is 0 Å². The highest BCUT2D eigenvalue weighted by Crippen LogP contribution is 2.23. The molecular weight excluding hydrogens is 317 g/mol. The van der Waals surface area contributed by atoms with E-state index in [0.29, 0.717) is 11.1 Å². The van der Waals surface area contributed by atoms with Gasteiger partial charge in [0.2, 0.25) is 5.89 Å². The van der Waals surface area contributed by atoms with Crippen molar-refractivity contribution in [3.63, 3.8) is 0 Å². The Balaban J connectivity index is 1.71. The van der Waals surface area contributed by atoms with Crippen LogP contribution < -0.4 is 4.74 Å². The summed E-state index contributed by atoms with van der Waals surface area (Å²) in [5, 5.41) is 18.3. The molecule has 0 atom stereocenters. The molecule has 3 rings (SSSR count). The maximum atomic E-state index is 13.8. The van der Waals surface area contributed by atoms with Crippen LogP contribution in [0.25, 0.3) is 11.5 Å². The molecule has 0 aliphatic heterocycles. The number of rotatable bonds is 5. The predicted octanol–water partition coefficient (Wildman–Crippen LogP) is 3.67. The third-order valence-electron chi connectivity index (χ3n) is 3.30. The Morgan fingerprint density at radius 2 is 1.96 bits per heavy atom. The summed E-state index contributed by atoms with van der Waals surface area (Å²) in [4.78, 5) is 10.1. The van der Waals surface area contributed by atoms with Gasteiger partial charge in [-0.25, -0.2) is 4.39 Å². The average molecular weight is 329 g/mol. The molecule has 1 heterocycles. The molecule has 0 spiro atoms. The van der Waals surface area contributed by atoms with Crippen LogP contribution in [0.3, 0.4) is 0 Å². The van der Waals surface area contributed by atoms with E-state index in [0.717, 1.165) is 0 Å². The van der Waals surface area contributed by atoms with Gasteiger partial charge in [0.15, 0.2) is 18.2 Å². The molecule has 0 aliphatic carbocycles. The van der Waals surface area contributed by atoms with Crippen molar-refractivity contribution in [2.45, 2.75) is 13.5 Å². The maximum Gasteiger partial charge on any atom is 0.269 e. The van der Waals surface area contributed by atoms with Crippen LogP contribution in [-0.2, 0) is 6.61 Å². The number of nitro groups is 1. The monoisotopic (exact) mass is 329 g/mol. The average Bonchev–Trinajstić information content (AvgIpc) is 3.05. The predicted molar refractivity (Wildman–Crippen MR) is 81.9 cm³/mol. The van der Waals surface area contributed by atoms with E-state index in [1.807, 2.05) is 0 Å². The fraction of sp³-hybridized carbons (Fsp3) is 0.125. The molecule has 7 nitrogen and oxygen atoms in total. The van der Waals surface area contributed by atoms with Crippen molar-refractivity contribution >= 4 is 5.69 Å². The van der Waals surface area contributed by atoms with E-state index in [2.05, 4.69) is 10.2 Å². The summed E-state index contributed by atoms with van der Waals surface area (Å²) in [5.41, 5.74) is 0.988. The minimum atomic E-state index is -0.493. The fourth-order valence-corrected chi connectivity index (χ4v) is 2.03. The Morgan fingerprint density at radius 3 is 2.67 bits per heavy atom. The zero-order chi connectivity index (χ0) is 17.1. The summed E-state index contributed by atoms with van der Waals surface area (Å²) in [6, 6.07) is 10.5. The Morgan fingerprint density at radius 1 is 1.21 bits per heavy atom. The lowest BCUT2D eigenvalue weighted by atomic mass is 10.2. The van der Waals surface area contributed by atoms with Crippen molar-refractivity contribution < 1.29 is 18.5 Å². The molecule has 1 aromatic heterocycles. The van der Waals surface area contributed by atoms with Gasteiger partial charge in [-0.2, -0.15) is 0 Å². The second-order valence-corrected chi connectivity index (χ2v) is 4.98. The van der Waals surface area contributed by atoms with E-state index >= 15 is 0 Å². The Kier molecular flexibility index (Phi) is 4.19. The summed E-state index contributed by atoms with van der Waals surface area (Å²) in [7, 11) is 0. The topological polar surface area (TPSA) is 91.3 Å². The lowest BCUT2D eigenvalue weighted by molar-refractivity contribution is -0.384. The van der Waals surface area contributed by atoms with Crippen molar-refractivity contribution in [1.82, 2.24) is 10.2 Å². The van der Waals surface area contributed by atoms with E-state index < -0.39 is 10.7 Å². The third-order valence-corrected chi connectivity index (χ3v) is 3.30. The van der Waals surface area contributed by atoms with Gasteiger partial charge in [-0.1, -0.05) is 12.1 Å². The molecule has 0 radical (unpaired) electrons. The van der Waals surface area contributed by atoms with Crippen molar-refractivity contribution in [3.8, 4) is 17.2 Å². The summed E-state index contributed by atoms with van der Waals surface area (Å²) in [6.45, 7) is 1.56. The van der Waals surface area contributed by atoms with E-state index in [1.165, 1.54) is 30.3 Å². The van der Waals surface area contributed by atoms with E-state index in [9.17, 15) is 14.5 Å². The summed E-state index contributed by atoms with van der Waals surface area (Å²) < 4.78 is 24.6. The molecule has 2 aromatic carbocycles. The Hall–Kier alpha value is -3.29. The lowest BCUT2D eigenvalue weighted by Crippen LogP contribution is -1.98. The second-order valence-electron chi connectivity index (χ2n) is 4.98. The minimum absolute atomic E-state index is 0.0308. The van der Waals surface area contributed by atoms with Gasteiger partial charge in [-0.05, 0) is 30.7 Å². The molecule has 0 aliphatic rings. The highest BCUT2D eigenvalue weighted by molar-refractivity contribution is 5.55. The van der Waals surface area contributed by atoms with E-state index in [1.54, 1.807) is 19.1 Å². The SMILES string of the molecule is Cc1cccc(OCc2nnc(-c3ccc([N+](=O)[O-])cc3)o2)c1F. The molecule has 122 valence electrons. The van der Waals surface area contributed by atoms with Crippen LogP contribution in [0.4, 0.5) is 10.1 Å². The van der Waals surface area contributed by atoms with E-state index in [4.69, 9.17) is 9.15 Å². The lowest BCUT2D eigenvalue weighted by Gasteiger charge is -2.05. The van der Waals surface area contributed by atoms with Crippen LogP contribution in [0.1, 0.15) is 11.5 Å². The summed E-state index contributed by atoms with van der Waals surface area (Å²) in [6.07, 6.45) is 0. The molecule has 24 heavy (non-hydrogen) atoms. The molecule has 8 heteroatoms. The first kappa shape index (κ1) is 15.6. The number of nitrogens with zero attached hydrogens (tertiary/aromatic N) is 3. The fourth-order valence-electron chi connectivity index (χ4n) is 2.03. The van der Waals surface area contributed by atoms with Crippen molar-refractivity contribution in [1.29, 1.82) is 0 Å². The number of hydrogen-bond donors (Lipinski definition) is 0. The zero-order valence-corrected chi connectivity index (χ0v) is 12.6. The molecule has 0 saturated heterocycles.